The van der Waals surface area contributed by atoms with Crippen LogP contribution >= 0.6 is 0 Å². The zero-order valence-electron chi connectivity index (χ0n) is 13.4. The minimum Gasteiger partial charge on any atom is -0.465 e. The first-order valence-electron chi connectivity index (χ1n) is 7.98. The van der Waals surface area contributed by atoms with E-state index in [9.17, 15) is 4.79 Å². The number of aryl methyl sites for hydroxylation is 2. The third-order valence-corrected chi connectivity index (χ3v) is 4.08. The molecule has 1 saturated carbocycles. The lowest BCUT2D eigenvalue weighted by Crippen LogP contribution is -2.51. The van der Waals surface area contributed by atoms with Crippen molar-refractivity contribution in [3.8, 4) is 0 Å². The van der Waals surface area contributed by atoms with E-state index in [4.69, 9.17) is 4.74 Å². The molecule has 0 amide bonds. The predicted octanol–water partition coefficient (Wildman–Crippen LogP) is 2.44. The van der Waals surface area contributed by atoms with Gasteiger partial charge in [-0.25, -0.2) is 4.98 Å². The molecule has 1 N–H and O–H groups in total. The Kier molecular flexibility index (Phi) is 5.39. The van der Waals surface area contributed by atoms with Gasteiger partial charge < -0.3 is 9.30 Å². The Balaban J connectivity index is 1.80. The molecule has 1 aliphatic rings. The molecule has 1 heterocycles. The van der Waals surface area contributed by atoms with Gasteiger partial charge in [-0.05, 0) is 52.9 Å². The number of ether oxygens (including phenoxy) is 1. The van der Waals surface area contributed by atoms with Crippen molar-refractivity contribution in [1.82, 2.24) is 14.9 Å². The van der Waals surface area contributed by atoms with E-state index in [1.54, 1.807) is 0 Å². The first kappa shape index (κ1) is 16.0. The summed E-state index contributed by atoms with van der Waals surface area (Å²) >= 11 is 0. The van der Waals surface area contributed by atoms with E-state index in [-0.39, 0.29) is 5.97 Å². The van der Waals surface area contributed by atoms with Crippen LogP contribution in [0.15, 0.2) is 12.4 Å². The second-order valence-electron chi connectivity index (χ2n) is 6.10. The van der Waals surface area contributed by atoms with Crippen molar-refractivity contribution in [1.29, 1.82) is 0 Å². The van der Waals surface area contributed by atoms with Gasteiger partial charge in [-0.15, -0.1) is 0 Å². The number of unbranched alkanes of at least 4 members (excludes halogenated alkanes) is 1. The number of carbonyl (C=O) groups excluding carboxylic acids is 1. The molecule has 118 valence electrons. The molecule has 0 aliphatic heterocycles. The van der Waals surface area contributed by atoms with Gasteiger partial charge in [0.25, 0.3) is 0 Å². The molecule has 5 heteroatoms. The highest BCUT2D eigenvalue weighted by Crippen LogP contribution is 2.26. The zero-order valence-corrected chi connectivity index (χ0v) is 13.4. The molecule has 0 aromatic carbocycles. The van der Waals surface area contributed by atoms with Crippen LogP contribution in [0.5, 0.6) is 0 Å². The fourth-order valence-corrected chi connectivity index (χ4v) is 2.60. The van der Waals surface area contributed by atoms with Crippen molar-refractivity contribution in [2.24, 2.45) is 0 Å². The van der Waals surface area contributed by atoms with E-state index in [1.807, 2.05) is 33.2 Å². The summed E-state index contributed by atoms with van der Waals surface area (Å²) in [4.78, 5) is 16.4. The van der Waals surface area contributed by atoms with Gasteiger partial charge in [0.05, 0.1) is 6.61 Å². The van der Waals surface area contributed by atoms with Crippen LogP contribution < -0.4 is 5.32 Å². The Morgan fingerprint density at radius 3 is 2.86 bits per heavy atom. The number of nitrogens with zero attached hydrogens (tertiary/aromatic N) is 2. The molecule has 0 saturated heterocycles. The molecule has 1 aliphatic carbocycles. The van der Waals surface area contributed by atoms with Crippen LogP contribution in [0.1, 0.15) is 51.8 Å². The molecule has 1 aromatic heterocycles. The van der Waals surface area contributed by atoms with E-state index < -0.39 is 5.54 Å². The van der Waals surface area contributed by atoms with Crippen LogP contribution in [-0.2, 0) is 16.1 Å². The zero-order chi connectivity index (χ0) is 15.3. The molecule has 1 atom stereocenters. The maximum atomic E-state index is 12.2. The maximum absolute atomic E-state index is 12.2. The van der Waals surface area contributed by atoms with Crippen LogP contribution in [0.4, 0.5) is 0 Å². The summed E-state index contributed by atoms with van der Waals surface area (Å²) in [6.07, 6.45) is 9.02. The molecule has 1 fully saturated rings. The molecule has 0 bridgehead atoms. The highest BCUT2D eigenvalue weighted by atomic mass is 16.5. The topological polar surface area (TPSA) is 56.2 Å². The van der Waals surface area contributed by atoms with Crippen LogP contribution in [-0.4, -0.2) is 33.7 Å². The van der Waals surface area contributed by atoms with Crippen molar-refractivity contribution in [2.45, 2.75) is 71.0 Å². The lowest BCUT2D eigenvalue weighted by molar-refractivity contribution is -0.151. The predicted molar refractivity (Wildman–Crippen MR) is 82.0 cm³/mol. The van der Waals surface area contributed by atoms with Gasteiger partial charge in [-0.2, -0.15) is 0 Å². The largest absolute Gasteiger partial charge is 0.465 e. The van der Waals surface area contributed by atoms with Crippen molar-refractivity contribution in [3.05, 3.63) is 18.2 Å². The Hall–Kier alpha value is -1.36. The van der Waals surface area contributed by atoms with Gasteiger partial charge in [-0.3, -0.25) is 10.1 Å². The lowest BCUT2D eigenvalue weighted by atomic mass is 9.94. The molecule has 5 nitrogen and oxygen atoms in total. The Morgan fingerprint density at radius 1 is 1.52 bits per heavy atom. The van der Waals surface area contributed by atoms with E-state index in [0.29, 0.717) is 12.6 Å². The summed E-state index contributed by atoms with van der Waals surface area (Å²) in [6, 6.07) is 0.496. The highest BCUT2D eigenvalue weighted by Gasteiger charge is 2.39. The standard InChI is InChI=1S/C16H27N3O2/c1-4-21-15(20)16(3,18-14-7-8-14)9-5-6-11-19-12-10-17-13(19)2/h10,12,14,18H,4-9,11H2,1-3H3. The van der Waals surface area contributed by atoms with E-state index in [0.717, 1.165) is 31.6 Å². The first-order valence-corrected chi connectivity index (χ1v) is 7.98. The quantitative estimate of drug-likeness (QED) is 0.561. The Bertz CT molecular complexity index is 468. The van der Waals surface area contributed by atoms with Gasteiger partial charge in [0, 0.05) is 25.0 Å². The van der Waals surface area contributed by atoms with Crippen LogP contribution in [0.25, 0.3) is 0 Å². The number of hydrogen-bond donors (Lipinski definition) is 1. The number of hydrogen-bond acceptors (Lipinski definition) is 4. The molecular formula is C16H27N3O2. The number of aromatic nitrogens is 2. The van der Waals surface area contributed by atoms with Crippen molar-refractivity contribution < 1.29 is 9.53 Å². The fraction of sp³-hybridized carbons (Fsp3) is 0.750. The van der Waals surface area contributed by atoms with Crippen LogP contribution in [0.3, 0.4) is 0 Å². The normalized spacial score (nSPS) is 17.5. The molecule has 1 unspecified atom stereocenters. The van der Waals surface area contributed by atoms with Gasteiger partial charge in [0.2, 0.25) is 0 Å². The third kappa shape index (κ3) is 4.56. The number of nitrogens with one attached hydrogen (secondary N) is 1. The summed E-state index contributed by atoms with van der Waals surface area (Å²) < 4.78 is 7.39. The number of rotatable bonds is 9. The summed E-state index contributed by atoms with van der Waals surface area (Å²) in [6.45, 7) is 7.24. The second kappa shape index (κ2) is 7.07. The fourth-order valence-electron chi connectivity index (χ4n) is 2.60. The van der Waals surface area contributed by atoms with Gasteiger partial charge in [0.1, 0.15) is 11.4 Å². The highest BCUT2D eigenvalue weighted by molar-refractivity contribution is 5.80. The first-order chi connectivity index (χ1) is 10.0. The summed E-state index contributed by atoms with van der Waals surface area (Å²) in [7, 11) is 0. The van der Waals surface area contributed by atoms with Crippen molar-refractivity contribution in [3.63, 3.8) is 0 Å². The molecule has 21 heavy (non-hydrogen) atoms. The lowest BCUT2D eigenvalue weighted by Gasteiger charge is -2.28. The van der Waals surface area contributed by atoms with E-state index in [2.05, 4.69) is 14.9 Å². The van der Waals surface area contributed by atoms with Gasteiger partial charge >= 0.3 is 5.97 Å². The maximum Gasteiger partial charge on any atom is 0.326 e. The molecule has 0 spiro atoms. The minimum absolute atomic E-state index is 0.115. The number of imidazole rings is 1. The average Bonchev–Trinajstić information content (AvgIpc) is 3.16. The molecule has 0 radical (unpaired) electrons. The van der Waals surface area contributed by atoms with E-state index >= 15 is 0 Å². The van der Waals surface area contributed by atoms with Gasteiger partial charge in [-0.1, -0.05) is 0 Å². The minimum atomic E-state index is -0.541. The monoisotopic (exact) mass is 293 g/mol. The van der Waals surface area contributed by atoms with Crippen molar-refractivity contribution >= 4 is 5.97 Å². The smallest absolute Gasteiger partial charge is 0.326 e. The Morgan fingerprint density at radius 2 is 2.29 bits per heavy atom. The third-order valence-electron chi connectivity index (χ3n) is 4.08. The SMILES string of the molecule is CCOC(=O)C(C)(CCCCn1ccnc1C)NC1CC1. The molecular weight excluding hydrogens is 266 g/mol. The average molecular weight is 293 g/mol. The second-order valence-corrected chi connectivity index (χ2v) is 6.10. The van der Waals surface area contributed by atoms with Crippen LogP contribution in [0, 0.1) is 6.92 Å². The summed E-state index contributed by atoms with van der Waals surface area (Å²) in [5.41, 5.74) is -0.541. The number of esters is 1. The van der Waals surface area contributed by atoms with E-state index in [1.165, 1.54) is 12.8 Å². The molecule has 1 aromatic rings. The van der Waals surface area contributed by atoms with Crippen molar-refractivity contribution in [2.75, 3.05) is 6.61 Å². The summed E-state index contributed by atoms with van der Waals surface area (Å²) in [5.74, 6) is 0.926. The Labute approximate surface area is 127 Å². The number of carbonyl (C=O) groups is 1. The van der Waals surface area contributed by atoms with Gasteiger partial charge in [0.15, 0.2) is 0 Å². The summed E-state index contributed by atoms with van der Waals surface area (Å²) in [5, 5.41) is 3.46. The molecule has 2 rings (SSSR count). The van der Waals surface area contributed by atoms with Crippen LogP contribution in [0.2, 0.25) is 0 Å².